The maximum atomic E-state index is 10.7. The molecule has 0 spiro atoms. The van der Waals surface area contributed by atoms with Gasteiger partial charge in [-0.1, -0.05) is 0 Å². The second kappa shape index (κ2) is 5.21. The van der Waals surface area contributed by atoms with Crippen LogP contribution in [0.2, 0.25) is 0 Å². The molecule has 0 radical (unpaired) electrons. The lowest BCUT2D eigenvalue weighted by atomic mass is 10.3. The monoisotopic (exact) mass is 250 g/mol. The van der Waals surface area contributed by atoms with E-state index in [2.05, 4.69) is 25.0 Å². The van der Waals surface area contributed by atoms with Gasteiger partial charge in [0.1, 0.15) is 6.17 Å². The fourth-order valence-electron chi connectivity index (χ4n) is 0.954. The molecule has 6 N–H and O–H groups in total. The molecule has 10 heteroatoms. The third-order valence-corrected chi connectivity index (χ3v) is 2.34. The van der Waals surface area contributed by atoms with Gasteiger partial charge in [0.2, 0.25) is 10.0 Å². The second-order valence-corrected chi connectivity index (χ2v) is 4.95. The quantitative estimate of drug-likeness (QED) is 0.333. The number of nitrogens with zero attached hydrogens (tertiary/aromatic N) is 2. The minimum Gasteiger partial charge on any atom is -0.364 e. The largest absolute Gasteiger partial charge is 0.364 e. The number of sulfonamides is 1. The molecule has 0 aliphatic heterocycles. The zero-order valence-corrected chi connectivity index (χ0v) is 9.49. The maximum Gasteiger partial charge on any atom is 0.208 e. The van der Waals surface area contributed by atoms with Gasteiger partial charge in [-0.2, -0.15) is 0 Å². The molecule has 1 rings (SSSR count). The number of hydrogen-bond acceptors (Lipinski definition) is 8. The Labute approximate surface area is 92.6 Å². The number of nitrogens with one attached hydrogen (secondary N) is 2. The molecule has 1 heterocycles. The topological polar surface area (TPSA) is 149 Å². The van der Waals surface area contributed by atoms with Gasteiger partial charge in [-0.25, -0.2) is 17.8 Å². The molecule has 0 saturated carbocycles. The van der Waals surface area contributed by atoms with E-state index in [1.807, 2.05) is 0 Å². The Morgan fingerprint density at radius 3 is 2.62 bits per heavy atom. The number of anilines is 1. The summed E-state index contributed by atoms with van der Waals surface area (Å²) in [6, 6.07) is 0. The third-order valence-electron chi connectivity index (χ3n) is 1.61. The summed E-state index contributed by atoms with van der Waals surface area (Å²) in [5.74, 6) is 0.310. The van der Waals surface area contributed by atoms with E-state index >= 15 is 0 Å². The van der Waals surface area contributed by atoms with Crippen molar-refractivity contribution < 1.29 is 13.0 Å². The molecule has 0 aliphatic rings. The van der Waals surface area contributed by atoms with Crippen molar-refractivity contribution >= 4 is 15.8 Å². The summed E-state index contributed by atoms with van der Waals surface area (Å²) < 4.78 is 28.2. The first-order valence-electron chi connectivity index (χ1n) is 4.42. The molecular formula is C6H14N6O3S. The van der Waals surface area contributed by atoms with Gasteiger partial charge in [0, 0.05) is 13.1 Å². The molecule has 1 aromatic heterocycles. The Morgan fingerprint density at radius 1 is 1.38 bits per heavy atom. The molecule has 16 heavy (non-hydrogen) atoms. The van der Waals surface area contributed by atoms with E-state index in [1.165, 1.54) is 0 Å². The van der Waals surface area contributed by atoms with Gasteiger partial charge in [0.05, 0.1) is 6.26 Å². The minimum absolute atomic E-state index is 0.213. The number of hydrogen-bond donors (Lipinski definition) is 4. The lowest BCUT2D eigenvalue weighted by Crippen LogP contribution is -2.28. The first-order chi connectivity index (χ1) is 7.40. The van der Waals surface area contributed by atoms with Gasteiger partial charge >= 0.3 is 0 Å². The Morgan fingerprint density at radius 2 is 2.06 bits per heavy atom. The van der Waals surface area contributed by atoms with E-state index in [0.717, 1.165) is 6.26 Å². The van der Waals surface area contributed by atoms with E-state index in [0.29, 0.717) is 18.1 Å². The van der Waals surface area contributed by atoms with Crippen LogP contribution in [-0.2, 0) is 10.0 Å². The molecule has 92 valence electrons. The van der Waals surface area contributed by atoms with Crippen LogP contribution in [-0.4, -0.2) is 38.1 Å². The smallest absolute Gasteiger partial charge is 0.208 e. The third kappa shape index (κ3) is 4.10. The van der Waals surface area contributed by atoms with Gasteiger partial charge in [0.25, 0.3) is 0 Å². The zero-order valence-electron chi connectivity index (χ0n) is 8.67. The van der Waals surface area contributed by atoms with Crippen LogP contribution in [0.1, 0.15) is 11.9 Å². The van der Waals surface area contributed by atoms with Gasteiger partial charge < -0.3 is 16.8 Å². The van der Waals surface area contributed by atoms with E-state index in [-0.39, 0.29) is 6.54 Å². The van der Waals surface area contributed by atoms with Crippen LogP contribution >= 0.6 is 0 Å². The number of rotatable bonds is 6. The lowest BCUT2D eigenvalue weighted by Gasteiger charge is -2.05. The normalized spacial score (nSPS) is 12.0. The van der Waals surface area contributed by atoms with Crippen LogP contribution in [0.25, 0.3) is 0 Å². The van der Waals surface area contributed by atoms with E-state index in [4.69, 9.17) is 11.5 Å². The molecule has 0 amide bonds. The molecule has 0 atom stereocenters. The molecule has 0 bridgehead atoms. The highest BCUT2D eigenvalue weighted by Gasteiger charge is 2.13. The van der Waals surface area contributed by atoms with Crippen LogP contribution in [0.3, 0.4) is 0 Å². The van der Waals surface area contributed by atoms with Crippen molar-refractivity contribution in [2.75, 3.05) is 24.7 Å². The summed E-state index contributed by atoms with van der Waals surface area (Å²) in [5, 5.41) is 9.84. The summed E-state index contributed by atoms with van der Waals surface area (Å²) in [7, 11) is -3.19. The average molecular weight is 250 g/mol. The fraction of sp³-hybridized carbons (Fsp3) is 0.667. The molecule has 0 fully saturated rings. The van der Waals surface area contributed by atoms with Crippen molar-refractivity contribution in [1.82, 2.24) is 15.0 Å². The molecule has 0 unspecified atom stereocenters. The highest BCUT2D eigenvalue weighted by Crippen LogP contribution is 2.12. The highest BCUT2D eigenvalue weighted by atomic mass is 32.2. The van der Waals surface area contributed by atoms with Gasteiger partial charge in [0.15, 0.2) is 11.5 Å². The van der Waals surface area contributed by atoms with Crippen LogP contribution in [0, 0.1) is 0 Å². The molecular weight excluding hydrogens is 236 g/mol. The van der Waals surface area contributed by atoms with Crippen LogP contribution in [0.5, 0.6) is 0 Å². The standard InChI is InChI=1S/C6H14N6O3S/c1-16(13,14)10-3-2-9-6-4(5(7)8)11-15-12-6/h5,10H,2-3,7-8H2,1H3,(H,9,12). The summed E-state index contributed by atoms with van der Waals surface area (Å²) in [6.07, 6.45) is 0.280. The maximum absolute atomic E-state index is 10.7. The summed E-state index contributed by atoms with van der Waals surface area (Å²) in [6.45, 7) is 0.534. The Kier molecular flexibility index (Phi) is 4.18. The molecule has 9 nitrogen and oxygen atoms in total. The summed E-state index contributed by atoms with van der Waals surface area (Å²) in [5.41, 5.74) is 11.1. The molecule has 0 saturated heterocycles. The van der Waals surface area contributed by atoms with E-state index < -0.39 is 16.2 Å². The summed E-state index contributed by atoms with van der Waals surface area (Å²) >= 11 is 0. The van der Waals surface area contributed by atoms with Crippen LogP contribution in [0.15, 0.2) is 4.63 Å². The van der Waals surface area contributed by atoms with Crippen molar-refractivity contribution in [2.24, 2.45) is 11.5 Å². The zero-order chi connectivity index (χ0) is 12.2. The number of aromatic nitrogens is 2. The first kappa shape index (κ1) is 12.8. The Balaban J connectivity index is 2.40. The van der Waals surface area contributed by atoms with Gasteiger partial charge in [-0.05, 0) is 10.3 Å². The van der Waals surface area contributed by atoms with E-state index in [1.54, 1.807) is 0 Å². The summed E-state index contributed by atoms with van der Waals surface area (Å²) in [4.78, 5) is 0. The van der Waals surface area contributed by atoms with Crippen molar-refractivity contribution in [2.45, 2.75) is 6.17 Å². The lowest BCUT2D eigenvalue weighted by molar-refractivity contribution is 0.302. The number of nitrogens with two attached hydrogens (primary N) is 2. The Bertz CT molecular complexity index is 427. The Hall–Kier alpha value is -1.23. The van der Waals surface area contributed by atoms with E-state index in [9.17, 15) is 8.42 Å². The van der Waals surface area contributed by atoms with Crippen molar-refractivity contribution in [3.8, 4) is 0 Å². The van der Waals surface area contributed by atoms with Crippen LogP contribution in [0.4, 0.5) is 5.82 Å². The van der Waals surface area contributed by atoms with Crippen LogP contribution < -0.4 is 21.5 Å². The first-order valence-corrected chi connectivity index (χ1v) is 6.31. The highest BCUT2D eigenvalue weighted by molar-refractivity contribution is 7.88. The SMILES string of the molecule is CS(=O)(=O)NCCNc1nonc1C(N)N. The predicted octanol–water partition coefficient (Wildman–Crippen LogP) is -2.05. The van der Waals surface area contributed by atoms with Gasteiger partial charge in [-0.3, -0.25) is 0 Å². The minimum atomic E-state index is -3.19. The average Bonchev–Trinajstić information content (AvgIpc) is 2.58. The van der Waals surface area contributed by atoms with Crippen molar-refractivity contribution in [3.63, 3.8) is 0 Å². The van der Waals surface area contributed by atoms with Gasteiger partial charge in [-0.15, -0.1) is 0 Å². The molecule has 1 aromatic rings. The molecule has 0 aromatic carbocycles. The van der Waals surface area contributed by atoms with Crippen molar-refractivity contribution in [3.05, 3.63) is 5.69 Å². The molecule has 0 aliphatic carbocycles. The second-order valence-electron chi connectivity index (χ2n) is 3.12. The fourth-order valence-corrected chi connectivity index (χ4v) is 1.43. The van der Waals surface area contributed by atoms with Crippen molar-refractivity contribution in [1.29, 1.82) is 0 Å². The predicted molar refractivity (Wildman–Crippen MR) is 56.8 cm³/mol.